The van der Waals surface area contributed by atoms with E-state index < -0.39 is 0 Å². The zero-order chi connectivity index (χ0) is 13.9. The molecule has 0 saturated carbocycles. The van der Waals surface area contributed by atoms with Crippen molar-refractivity contribution in [1.82, 2.24) is 5.32 Å². The molecule has 0 bridgehead atoms. The van der Waals surface area contributed by atoms with E-state index in [-0.39, 0.29) is 5.91 Å². The number of carbonyl (C=O) groups is 1. The third-order valence-corrected chi connectivity index (χ3v) is 4.00. The number of hydrogen-bond acceptors (Lipinski definition) is 2. The highest BCUT2D eigenvalue weighted by Crippen LogP contribution is 2.08. The smallest absolute Gasteiger partial charge is 0.230 e. The molecule has 1 aromatic carbocycles. The summed E-state index contributed by atoms with van der Waals surface area (Å²) >= 11 is 1.73. The first kappa shape index (κ1) is 16.1. The molecule has 3 heteroatoms. The van der Waals surface area contributed by atoms with Crippen LogP contribution in [0.1, 0.15) is 38.7 Å². The van der Waals surface area contributed by atoms with Crippen molar-refractivity contribution in [3.05, 3.63) is 35.9 Å². The van der Waals surface area contributed by atoms with Crippen molar-refractivity contribution >= 4 is 17.7 Å². The summed E-state index contributed by atoms with van der Waals surface area (Å²) in [6.45, 7) is 4.21. The van der Waals surface area contributed by atoms with E-state index in [0.717, 1.165) is 31.4 Å². The van der Waals surface area contributed by atoms with Crippen LogP contribution in [-0.4, -0.2) is 23.5 Å². The van der Waals surface area contributed by atoms with E-state index in [2.05, 4.69) is 43.4 Å². The minimum absolute atomic E-state index is 0.172. The highest BCUT2D eigenvalue weighted by Gasteiger charge is 2.05. The van der Waals surface area contributed by atoms with Crippen LogP contribution in [0.5, 0.6) is 0 Å². The van der Waals surface area contributed by atoms with Crippen molar-refractivity contribution in [1.29, 1.82) is 0 Å². The molecule has 0 saturated heterocycles. The number of carbonyl (C=O) groups excluding carboxylic acids is 1. The molecule has 2 nitrogen and oxygen atoms in total. The largest absolute Gasteiger partial charge is 0.353 e. The molecule has 0 aliphatic heterocycles. The summed E-state index contributed by atoms with van der Waals surface area (Å²) in [5, 5.41) is 3.03. The van der Waals surface area contributed by atoms with Crippen molar-refractivity contribution in [2.45, 2.75) is 45.6 Å². The Labute approximate surface area is 121 Å². The third kappa shape index (κ3) is 7.93. The number of hydrogen-bond donors (Lipinski definition) is 1. The number of thioether (sulfide) groups is 1. The fraction of sp³-hybridized carbons (Fsp3) is 0.562. The van der Waals surface area contributed by atoms with Crippen molar-refractivity contribution in [2.75, 3.05) is 11.5 Å². The van der Waals surface area contributed by atoms with Crippen LogP contribution >= 0.6 is 11.8 Å². The molecule has 0 aliphatic rings. The maximum Gasteiger partial charge on any atom is 0.230 e. The summed E-state index contributed by atoms with van der Waals surface area (Å²) < 4.78 is 0. The van der Waals surface area contributed by atoms with Crippen LogP contribution in [0.4, 0.5) is 0 Å². The van der Waals surface area contributed by atoms with Gasteiger partial charge in [-0.15, -0.1) is 0 Å². The highest BCUT2D eigenvalue weighted by atomic mass is 32.2. The summed E-state index contributed by atoms with van der Waals surface area (Å²) in [5.41, 5.74) is 1.38. The quantitative estimate of drug-likeness (QED) is 0.699. The number of benzene rings is 1. The molecule has 0 heterocycles. The third-order valence-electron chi connectivity index (χ3n) is 2.96. The van der Waals surface area contributed by atoms with Gasteiger partial charge in [-0.2, -0.15) is 11.8 Å². The lowest BCUT2D eigenvalue weighted by molar-refractivity contribution is -0.119. The van der Waals surface area contributed by atoms with Gasteiger partial charge in [0, 0.05) is 6.04 Å². The average molecular weight is 279 g/mol. The van der Waals surface area contributed by atoms with Crippen LogP contribution in [0.25, 0.3) is 0 Å². The molecule has 1 atom stereocenters. The second-order valence-corrected chi connectivity index (χ2v) is 6.00. The van der Waals surface area contributed by atoms with Gasteiger partial charge in [-0.05, 0) is 37.5 Å². The Morgan fingerprint density at radius 3 is 2.74 bits per heavy atom. The van der Waals surface area contributed by atoms with E-state index in [1.807, 2.05) is 6.07 Å². The van der Waals surface area contributed by atoms with Gasteiger partial charge in [-0.1, -0.05) is 43.7 Å². The lowest BCUT2D eigenvalue weighted by Gasteiger charge is -2.12. The lowest BCUT2D eigenvalue weighted by Crippen LogP contribution is -2.33. The Morgan fingerprint density at radius 1 is 1.32 bits per heavy atom. The first-order valence-electron chi connectivity index (χ1n) is 7.13. The van der Waals surface area contributed by atoms with Crippen LogP contribution in [-0.2, 0) is 11.2 Å². The molecule has 106 valence electrons. The fourth-order valence-electron chi connectivity index (χ4n) is 2.01. The summed E-state index contributed by atoms with van der Waals surface area (Å²) in [5.74, 6) is 1.80. The molecular weight excluding hydrogens is 254 g/mol. The van der Waals surface area contributed by atoms with E-state index in [9.17, 15) is 4.79 Å². The molecule has 19 heavy (non-hydrogen) atoms. The van der Waals surface area contributed by atoms with Crippen LogP contribution < -0.4 is 5.32 Å². The molecule has 0 unspecified atom stereocenters. The molecule has 1 aromatic rings. The fourth-order valence-corrected chi connectivity index (χ4v) is 2.77. The van der Waals surface area contributed by atoms with Gasteiger partial charge in [0.1, 0.15) is 0 Å². The number of rotatable bonds is 9. The summed E-state index contributed by atoms with van der Waals surface area (Å²) in [6.07, 6.45) is 4.41. The standard InChI is InChI=1S/C16H25NOS/c1-3-8-14(2)17-16(18)13-19-12-7-11-15-9-5-4-6-10-15/h4-6,9-10,14H,3,7-8,11-13H2,1-2H3,(H,17,18)/t14-/m1/s1. The van der Waals surface area contributed by atoms with Crippen LogP contribution in [0.2, 0.25) is 0 Å². The van der Waals surface area contributed by atoms with Crippen molar-refractivity contribution in [2.24, 2.45) is 0 Å². The Morgan fingerprint density at radius 2 is 2.05 bits per heavy atom. The molecule has 0 fully saturated rings. The van der Waals surface area contributed by atoms with Crippen molar-refractivity contribution in [3.63, 3.8) is 0 Å². The van der Waals surface area contributed by atoms with Gasteiger partial charge in [0.25, 0.3) is 0 Å². The van der Waals surface area contributed by atoms with E-state index in [4.69, 9.17) is 0 Å². The SMILES string of the molecule is CCC[C@@H](C)NC(=O)CSCCCc1ccccc1. The molecule has 1 rings (SSSR count). The summed E-state index contributed by atoms with van der Waals surface area (Å²) in [4.78, 5) is 11.6. The Bertz CT molecular complexity index is 353. The second kappa shape index (κ2) is 9.90. The molecule has 0 aliphatic carbocycles. The maximum atomic E-state index is 11.6. The molecule has 0 radical (unpaired) electrons. The zero-order valence-corrected chi connectivity index (χ0v) is 12.8. The molecule has 0 aromatic heterocycles. The van der Waals surface area contributed by atoms with Gasteiger partial charge in [0.05, 0.1) is 5.75 Å². The first-order valence-corrected chi connectivity index (χ1v) is 8.29. The first-order chi connectivity index (χ1) is 9.22. The topological polar surface area (TPSA) is 29.1 Å². The van der Waals surface area contributed by atoms with Gasteiger partial charge in [0.2, 0.25) is 5.91 Å². The molecule has 1 N–H and O–H groups in total. The number of amides is 1. The van der Waals surface area contributed by atoms with Crippen LogP contribution in [0.15, 0.2) is 30.3 Å². The molecule has 1 amide bonds. The maximum absolute atomic E-state index is 11.6. The van der Waals surface area contributed by atoms with Crippen molar-refractivity contribution in [3.8, 4) is 0 Å². The summed E-state index contributed by atoms with van der Waals surface area (Å²) in [7, 11) is 0. The minimum Gasteiger partial charge on any atom is -0.353 e. The highest BCUT2D eigenvalue weighted by molar-refractivity contribution is 7.99. The van der Waals surface area contributed by atoms with E-state index in [1.54, 1.807) is 11.8 Å². The predicted octanol–water partition coefficient (Wildman–Crippen LogP) is 3.66. The van der Waals surface area contributed by atoms with E-state index in [1.165, 1.54) is 5.56 Å². The predicted molar refractivity (Wildman–Crippen MR) is 84.6 cm³/mol. The molecule has 0 spiro atoms. The normalized spacial score (nSPS) is 12.1. The van der Waals surface area contributed by atoms with E-state index >= 15 is 0 Å². The monoisotopic (exact) mass is 279 g/mol. The summed E-state index contributed by atoms with van der Waals surface area (Å²) in [6, 6.07) is 10.8. The second-order valence-electron chi connectivity index (χ2n) is 4.90. The Kier molecular flexibility index (Phi) is 8.39. The van der Waals surface area contributed by atoms with Gasteiger partial charge >= 0.3 is 0 Å². The average Bonchev–Trinajstić information content (AvgIpc) is 2.39. The van der Waals surface area contributed by atoms with E-state index in [0.29, 0.717) is 11.8 Å². The Hall–Kier alpha value is -0.960. The Balaban J connectivity index is 2.03. The van der Waals surface area contributed by atoms with Gasteiger partial charge in [-0.25, -0.2) is 0 Å². The van der Waals surface area contributed by atoms with Gasteiger partial charge in [0.15, 0.2) is 0 Å². The van der Waals surface area contributed by atoms with Gasteiger partial charge in [-0.3, -0.25) is 4.79 Å². The van der Waals surface area contributed by atoms with Crippen LogP contribution in [0.3, 0.4) is 0 Å². The van der Waals surface area contributed by atoms with Crippen molar-refractivity contribution < 1.29 is 4.79 Å². The lowest BCUT2D eigenvalue weighted by atomic mass is 10.1. The van der Waals surface area contributed by atoms with Gasteiger partial charge < -0.3 is 5.32 Å². The zero-order valence-electron chi connectivity index (χ0n) is 12.0. The number of nitrogens with one attached hydrogen (secondary N) is 1. The minimum atomic E-state index is 0.172. The van der Waals surface area contributed by atoms with Crippen LogP contribution in [0, 0.1) is 0 Å². The number of aryl methyl sites for hydroxylation is 1. The molecular formula is C16H25NOS.